The maximum Gasteiger partial charge on any atom is 0.270 e. The Hall–Kier alpha value is -2.73. The standard InChI is InChI=1S/C21H19FN2O2S/c22-18-4-2-1-3-16(18)12-26-17-9-7-15(8-10-17)21-24-19(13-27-21)20(25)23-11-14-5-6-14/h1-4,7-10,13-14H,5-6,11-12H2,(H,23,25). The number of hydrogen-bond acceptors (Lipinski definition) is 4. The number of benzene rings is 2. The summed E-state index contributed by atoms with van der Waals surface area (Å²) in [5, 5.41) is 5.49. The van der Waals surface area contributed by atoms with Gasteiger partial charge < -0.3 is 10.1 Å². The summed E-state index contributed by atoms with van der Waals surface area (Å²) in [5.74, 6) is 0.906. The van der Waals surface area contributed by atoms with Crippen molar-refractivity contribution in [1.82, 2.24) is 10.3 Å². The normalized spacial score (nSPS) is 13.4. The number of ether oxygens (including phenoxy) is 1. The lowest BCUT2D eigenvalue weighted by Crippen LogP contribution is -2.25. The number of nitrogens with zero attached hydrogens (tertiary/aromatic N) is 1. The minimum absolute atomic E-state index is 0.116. The van der Waals surface area contributed by atoms with Crippen molar-refractivity contribution in [3.63, 3.8) is 0 Å². The van der Waals surface area contributed by atoms with Gasteiger partial charge in [-0.25, -0.2) is 9.37 Å². The second kappa shape index (κ2) is 7.88. The molecule has 1 N–H and O–H groups in total. The molecule has 4 nitrogen and oxygen atoms in total. The molecule has 1 heterocycles. The number of carbonyl (C=O) groups is 1. The SMILES string of the molecule is O=C(NCC1CC1)c1csc(-c2ccc(OCc3ccccc3F)cc2)n1. The average molecular weight is 382 g/mol. The van der Waals surface area contributed by atoms with Gasteiger partial charge in [0.2, 0.25) is 0 Å². The number of amides is 1. The molecule has 0 saturated heterocycles. The fraction of sp³-hybridized carbons (Fsp3) is 0.238. The van der Waals surface area contributed by atoms with Gasteiger partial charge in [-0.05, 0) is 49.1 Å². The number of thiazole rings is 1. The van der Waals surface area contributed by atoms with Crippen molar-refractivity contribution in [3.8, 4) is 16.3 Å². The average Bonchev–Trinajstić information content (AvgIpc) is 3.40. The van der Waals surface area contributed by atoms with Crippen LogP contribution in [0.1, 0.15) is 28.9 Å². The minimum Gasteiger partial charge on any atom is -0.489 e. The lowest BCUT2D eigenvalue weighted by Gasteiger charge is -2.07. The topological polar surface area (TPSA) is 51.2 Å². The van der Waals surface area contributed by atoms with Crippen LogP contribution >= 0.6 is 11.3 Å². The van der Waals surface area contributed by atoms with Gasteiger partial charge in [0.25, 0.3) is 5.91 Å². The van der Waals surface area contributed by atoms with Crippen molar-refractivity contribution >= 4 is 17.2 Å². The summed E-state index contributed by atoms with van der Waals surface area (Å²) < 4.78 is 19.3. The Bertz CT molecular complexity index is 935. The molecule has 1 amide bonds. The number of halogens is 1. The van der Waals surface area contributed by atoms with E-state index < -0.39 is 0 Å². The van der Waals surface area contributed by atoms with Gasteiger partial charge in [0.1, 0.15) is 28.9 Å². The molecule has 1 fully saturated rings. The molecule has 0 spiro atoms. The molecule has 0 atom stereocenters. The molecule has 1 saturated carbocycles. The van der Waals surface area contributed by atoms with Crippen LogP contribution in [0.3, 0.4) is 0 Å². The van der Waals surface area contributed by atoms with Gasteiger partial charge in [-0.3, -0.25) is 4.79 Å². The minimum atomic E-state index is -0.274. The zero-order chi connectivity index (χ0) is 18.6. The highest BCUT2D eigenvalue weighted by molar-refractivity contribution is 7.13. The Morgan fingerprint density at radius 1 is 1.19 bits per heavy atom. The van der Waals surface area contributed by atoms with Crippen LogP contribution in [0, 0.1) is 11.7 Å². The summed E-state index contributed by atoms with van der Waals surface area (Å²) in [6, 6.07) is 14.0. The Kier molecular flexibility index (Phi) is 5.16. The highest BCUT2D eigenvalue weighted by atomic mass is 32.1. The van der Waals surface area contributed by atoms with E-state index in [9.17, 15) is 9.18 Å². The first-order valence-electron chi connectivity index (χ1n) is 8.89. The first-order valence-corrected chi connectivity index (χ1v) is 9.77. The molecule has 0 bridgehead atoms. The Balaban J connectivity index is 1.37. The third kappa shape index (κ3) is 4.52. The van der Waals surface area contributed by atoms with E-state index in [1.165, 1.54) is 30.2 Å². The maximum absolute atomic E-state index is 13.6. The van der Waals surface area contributed by atoms with Crippen LogP contribution in [0.4, 0.5) is 4.39 Å². The second-order valence-corrected chi connectivity index (χ2v) is 7.45. The number of nitrogens with one attached hydrogen (secondary N) is 1. The van der Waals surface area contributed by atoms with E-state index in [0.29, 0.717) is 22.9 Å². The van der Waals surface area contributed by atoms with Gasteiger partial charge in [-0.1, -0.05) is 18.2 Å². The van der Waals surface area contributed by atoms with E-state index in [0.717, 1.165) is 17.1 Å². The molecular formula is C21H19FN2O2S. The summed E-state index contributed by atoms with van der Waals surface area (Å²) in [6.45, 7) is 0.911. The maximum atomic E-state index is 13.6. The largest absolute Gasteiger partial charge is 0.489 e. The van der Waals surface area contributed by atoms with Gasteiger partial charge in [-0.15, -0.1) is 11.3 Å². The second-order valence-electron chi connectivity index (χ2n) is 6.60. The third-order valence-electron chi connectivity index (χ3n) is 4.44. The number of rotatable bonds is 7. The van der Waals surface area contributed by atoms with E-state index in [1.54, 1.807) is 23.6 Å². The van der Waals surface area contributed by atoms with Gasteiger partial charge in [0.15, 0.2) is 0 Å². The Labute approximate surface area is 161 Å². The smallest absolute Gasteiger partial charge is 0.270 e. The van der Waals surface area contributed by atoms with Crippen LogP contribution in [0.2, 0.25) is 0 Å². The van der Waals surface area contributed by atoms with Crippen molar-refractivity contribution in [2.24, 2.45) is 5.92 Å². The molecule has 1 aromatic heterocycles. The van der Waals surface area contributed by atoms with Gasteiger partial charge in [0, 0.05) is 23.1 Å². The summed E-state index contributed by atoms with van der Waals surface area (Å²) in [4.78, 5) is 16.5. The number of carbonyl (C=O) groups excluding carboxylic acids is 1. The fourth-order valence-electron chi connectivity index (χ4n) is 2.63. The quantitative estimate of drug-likeness (QED) is 0.646. The molecule has 1 aliphatic rings. The van der Waals surface area contributed by atoms with Crippen LogP contribution < -0.4 is 10.1 Å². The van der Waals surface area contributed by atoms with Crippen LogP contribution in [-0.2, 0) is 6.61 Å². The van der Waals surface area contributed by atoms with Crippen LogP contribution in [0.5, 0.6) is 5.75 Å². The van der Waals surface area contributed by atoms with E-state index in [2.05, 4.69) is 10.3 Å². The van der Waals surface area contributed by atoms with Crippen molar-refractivity contribution in [3.05, 3.63) is 71.0 Å². The van der Waals surface area contributed by atoms with Gasteiger partial charge in [-0.2, -0.15) is 0 Å². The van der Waals surface area contributed by atoms with E-state index >= 15 is 0 Å². The van der Waals surface area contributed by atoms with Gasteiger partial charge >= 0.3 is 0 Å². The summed E-state index contributed by atoms with van der Waals surface area (Å²) in [5.41, 5.74) is 1.89. The van der Waals surface area contributed by atoms with E-state index in [-0.39, 0.29) is 18.3 Å². The predicted molar refractivity (Wildman–Crippen MR) is 103 cm³/mol. The summed E-state index contributed by atoms with van der Waals surface area (Å²) in [6.07, 6.45) is 2.40. The molecule has 1 aliphatic carbocycles. The first-order chi connectivity index (χ1) is 13.2. The monoisotopic (exact) mass is 382 g/mol. The van der Waals surface area contributed by atoms with E-state index in [4.69, 9.17) is 4.74 Å². The molecule has 6 heteroatoms. The van der Waals surface area contributed by atoms with Crippen LogP contribution in [-0.4, -0.2) is 17.4 Å². The number of hydrogen-bond donors (Lipinski definition) is 1. The van der Waals surface area contributed by atoms with Crippen molar-refractivity contribution in [1.29, 1.82) is 0 Å². The molecule has 138 valence electrons. The predicted octanol–water partition coefficient (Wildman–Crippen LogP) is 4.67. The van der Waals surface area contributed by atoms with Gasteiger partial charge in [0.05, 0.1) is 0 Å². The summed E-state index contributed by atoms with van der Waals surface area (Å²) >= 11 is 1.44. The highest BCUT2D eigenvalue weighted by Gasteiger charge is 2.22. The van der Waals surface area contributed by atoms with E-state index in [1.807, 2.05) is 24.3 Å². The highest BCUT2D eigenvalue weighted by Crippen LogP contribution is 2.28. The van der Waals surface area contributed by atoms with Crippen molar-refractivity contribution in [2.45, 2.75) is 19.4 Å². The molecule has 0 aliphatic heterocycles. The molecule has 0 unspecified atom stereocenters. The Morgan fingerprint density at radius 3 is 2.70 bits per heavy atom. The lowest BCUT2D eigenvalue weighted by molar-refractivity contribution is 0.0947. The van der Waals surface area contributed by atoms with Crippen molar-refractivity contribution < 1.29 is 13.9 Å². The van der Waals surface area contributed by atoms with Crippen LogP contribution in [0.25, 0.3) is 10.6 Å². The van der Waals surface area contributed by atoms with Crippen LogP contribution in [0.15, 0.2) is 53.9 Å². The first kappa shape index (κ1) is 17.7. The molecule has 3 aromatic rings. The molecule has 2 aromatic carbocycles. The Morgan fingerprint density at radius 2 is 1.96 bits per heavy atom. The molecule has 4 rings (SSSR count). The molecule has 0 radical (unpaired) electrons. The zero-order valence-electron chi connectivity index (χ0n) is 14.7. The number of aromatic nitrogens is 1. The molecular weight excluding hydrogens is 363 g/mol. The molecule has 27 heavy (non-hydrogen) atoms. The third-order valence-corrected chi connectivity index (χ3v) is 5.33. The lowest BCUT2D eigenvalue weighted by atomic mass is 10.2. The summed E-state index contributed by atoms with van der Waals surface area (Å²) in [7, 11) is 0. The zero-order valence-corrected chi connectivity index (χ0v) is 15.5. The van der Waals surface area contributed by atoms with Crippen molar-refractivity contribution in [2.75, 3.05) is 6.54 Å². The fourth-order valence-corrected chi connectivity index (χ4v) is 3.44.